The number of hydrogen-bond acceptors (Lipinski definition) is 4. The number of hydrogen-bond donors (Lipinski definition) is 3. The molecule has 1 heterocycles. The van der Waals surface area contributed by atoms with Gasteiger partial charge in [0.15, 0.2) is 6.61 Å². The third-order valence-electron chi connectivity index (χ3n) is 3.48. The molecule has 0 bridgehead atoms. The maximum Gasteiger partial charge on any atom is 0.257 e. The van der Waals surface area contributed by atoms with Crippen molar-refractivity contribution in [3.05, 3.63) is 24.3 Å². The summed E-state index contributed by atoms with van der Waals surface area (Å²) in [4.78, 5) is 23.2. The van der Waals surface area contributed by atoms with Crippen molar-refractivity contribution in [1.82, 2.24) is 10.6 Å². The standard InChI is InChI=1S/C16H23N3O3.ClH/c1-2-17-16(21)11-22-14-7-5-12(6-8-14)19-15(20)10-13-4-3-9-18-13;/h5-8,13,18H,2-4,9-11H2,1H3,(H,17,21)(H,19,20);1H. The Bertz CT molecular complexity index is 502. The molecule has 128 valence electrons. The van der Waals surface area contributed by atoms with Gasteiger partial charge in [0.25, 0.3) is 5.91 Å². The number of rotatable bonds is 7. The van der Waals surface area contributed by atoms with Gasteiger partial charge in [-0.15, -0.1) is 12.4 Å². The van der Waals surface area contributed by atoms with Crippen molar-refractivity contribution >= 4 is 29.9 Å². The van der Waals surface area contributed by atoms with Gasteiger partial charge in [0.1, 0.15) is 5.75 Å². The second-order valence-corrected chi connectivity index (χ2v) is 5.31. The van der Waals surface area contributed by atoms with Crippen molar-refractivity contribution in [3.63, 3.8) is 0 Å². The molecular weight excluding hydrogens is 318 g/mol. The van der Waals surface area contributed by atoms with Crippen LogP contribution < -0.4 is 20.7 Å². The van der Waals surface area contributed by atoms with Crippen molar-refractivity contribution in [2.24, 2.45) is 0 Å². The molecule has 7 heteroatoms. The van der Waals surface area contributed by atoms with Crippen molar-refractivity contribution in [3.8, 4) is 5.75 Å². The third-order valence-corrected chi connectivity index (χ3v) is 3.48. The van der Waals surface area contributed by atoms with E-state index in [-0.39, 0.29) is 30.8 Å². The number of amides is 2. The van der Waals surface area contributed by atoms with E-state index in [1.165, 1.54) is 0 Å². The summed E-state index contributed by atoms with van der Waals surface area (Å²) in [5.41, 5.74) is 0.730. The minimum Gasteiger partial charge on any atom is -0.484 e. The number of ether oxygens (including phenoxy) is 1. The number of carbonyl (C=O) groups excluding carboxylic acids is 2. The highest BCUT2D eigenvalue weighted by molar-refractivity contribution is 5.91. The van der Waals surface area contributed by atoms with Gasteiger partial charge < -0.3 is 20.7 Å². The summed E-state index contributed by atoms with van der Waals surface area (Å²) in [5.74, 6) is 0.459. The van der Waals surface area contributed by atoms with E-state index in [0.717, 1.165) is 25.1 Å². The fraction of sp³-hybridized carbons (Fsp3) is 0.500. The lowest BCUT2D eigenvalue weighted by atomic mass is 10.1. The van der Waals surface area contributed by atoms with Crippen LogP contribution >= 0.6 is 12.4 Å². The highest BCUT2D eigenvalue weighted by Gasteiger charge is 2.17. The Kier molecular flexibility index (Phi) is 8.43. The molecule has 0 radical (unpaired) electrons. The summed E-state index contributed by atoms with van der Waals surface area (Å²) in [5, 5.41) is 8.83. The first-order valence-electron chi connectivity index (χ1n) is 7.70. The lowest BCUT2D eigenvalue weighted by Crippen LogP contribution is -2.28. The maximum atomic E-state index is 11.9. The van der Waals surface area contributed by atoms with Crippen LogP contribution in [-0.4, -0.2) is 37.6 Å². The van der Waals surface area contributed by atoms with Gasteiger partial charge in [-0.25, -0.2) is 0 Å². The van der Waals surface area contributed by atoms with E-state index in [2.05, 4.69) is 16.0 Å². The first-order valence-corrected chi connectivity index (χ1v) is 7.70. The number of carbonyl (C=O) groups is 2. The van der Waals surface area contributed by atoms with Crippen LogP contribution in [0.1, 0.15) is 26.2 Å². The summed E-state index contributed by atoms with van der Waals surface area (Å²) in [6.07, 6.45) is 2.69. The molecule has 6 nitrogen and oxygen atoms in total. The number of likely N-dealkylation sites (N-methyl/N-ethyl adjacent to an activating group) is 1. The van der Waals surface area contributed by atoms with E-state index < -0.39 is 0 Å². The van der Waals surface area contributed by atoms with Crippen molar-refractivity contribution in [1.29, 1.82) is 0 Å². The molecule has 1 aromatic carbocycles. The number of nitrogens with one attached hydrogen (secondary N) is 3. The second kappa shape index (κ2) is 10.1. The Balaban J connectivity index is 0.00000264. The van der Waals surface area contributed by atoms with Crippen molar-refractivity contribution < 1.29 is 14.3 Å². The molecule has 1 saturated heterocycles. The molecule has 2 rings (SSSR count). The third kappa shape index (κ3) is 6.88. The number of halogens is 1. The van der Waals surface area contributed by atoms with E-state index in [9.17, 15) is 9.59 Å². The fourth-order valence-corrected chi connectivity index (χ4v) is 2.40. The first-order chi connectivity index (χ1) is 10.7. The lowest BCUT2D eigenvalue weighted by Gasteiger charge is -2.11. The SMILES string of the molecule is CCNC(=O)COc1ccc(NC(=O)CC2CCCN2)cc1.Cl. The van der Waals surface area contributed by atoms with Crippen LogP contribution in [-0.2, 0) is 9.59 Å². The van der Waals surface area contributed by atoms with Gasteiger partial charge in [-0.3, -0.25) is 9.59 Å². The Morgan fingerprint density at radius 1 is 1.26 bits per heavy atom. The van der Waals surface area contributed by atoms with Crippen molar-refractivity contribution in [2.45, 2.75) is 32.2 Å². The highest BCUT2D eigenvalue weighted by Crippen LogP contribution is 2.16. The molecule has 3 N–H and O–H groups in total. The van der Waals surface area contributed by atoms with Crippen LogP contribution in [0.5, 0.6) is 5.75 Å². The molecule has 1 fully saturated rings. The molecule has 0 aromatic heterocycles. The van der Waals surface area contributed by atoms with Gasteiger partial charge in [0.05, 0.1) is 0 Å². The van der Waals surface area contributed by atoms with Gasteiger partial charge >= 0.3 is 0 Å². The number of anilines is 1. The Labute approximate surface area is 142 Å². The largest absolute Gasteiger partial charge is 0.484 e. The van der Waals surface area contributed by atoms with Gasteiger partial charge in [-0.2, -0.15) is 0 Å². The maximum absolute atomic E-state index is 11.9. The summed E-state index contributed by atoms with van der Waals surface area (Å²) in [6.45, 7) is 3.43. The van der Waals surface area contributed by atoms with Gasteiger partial charge in [0.2, 0.25) is 5.91 Å². The molecule has 0 saturated carbocycles. The van der Waals surface area contributed by atoms with E-state index in [1.807, 2.05) is 6.92 Å². The zero-order valence-corrected chi connectivity index (χ0v) is 14.1. The van der Waals surface area contributed by atoms with E-state index in [4.69, 9.17) is 4.74 Å². The van der Waals surface area contributed by atoms with Crippen LogP contribution in [0.2, 0.25) is 0 Å². The monoisotopic (exact) mass is 341 g/mol. The van der Waals surface area contributed by atoms with Gasteiger partial charge in [-0.1, -0.05) is 0 Å². The predicted molar refractivity (Wildman–Crippen MR) is 92.1 cm³/mol. The Morgan fingerprint density at radius 3 is 2.61 bits per heavy atom. The molecule has 0 spiro atoms. The van der Waals surface area contributed by atoms with E-state index >= 15 is 0 Å². The van der Waals surface area contributed by atoms with Crippen molar-refractivity contribution in [2.75, 3.05) is 25.0 Å². The van der Waals surface area contributed by atoms with Crippen LogP contribution in [0.4, 0.5) is 5.69 Å². The molecule has 1 aliphatic heterocycles. The van der Waals surface area contributed by atoms with Crippen LogP contribution in [0.3, 0.4) is 0 Å². The quantitative estimate of drug-likeness (QED) is 0.705. The highest BCUT2D eigenvalue weighted by atomic mass is 35.5. The average molecular weight is 342 g/mol. The summed E-state index contributed by atoms with van der Waals surface area (Å²) >= 11 is 0. The van der Waals surface area contributed by atoms with E-state index in [1.54, 1.807) is 24.3 Å². The molecular formula is C16H24ClN3O3. The van der Waals surface area contributed by atoms with Crippen LogP contribution in [0.25, 0.3) is 0 Å². The smallest absolute Gasteiger partial charge is 0.257 e. The minimum atomic E-state index is -0.149. The van der Waals surface area contributed by atoms with Gasteiger partial charge in [-0.05, 0) is 50.6 Å². The molecule has 1 aromatic rings. The molecule has 1 unspecified atom stereocenters. The molecule has 1 aliphatic rings. The fourth-order valence-electron chi connectivity index (χ4n) is 2.40. The zero-order valence-electron chi connectivity index (χ0n) is 13.3. The minimum absolute atomic E-state index is 0. The topological polar surface area (TPSA) is 79.5 Å². The molecule has 23 heavy (non-hydrogen) atoms. The number of benzene rings is 1. The Hall–Kier alpha value is -1.79. The average Bonchev–Trinajstić information content (AvgIpc) is 2.99. The lowest BCUT2D eigenvalue weighted by molar-refractivity contribution is -0.123. The van der Waals surface area contributed by atoms with Crippen LogP contribution in [0, 0.1) is 0 Å². The Morgan fingerprint density at radius 2 is 2.00 bits per heavy atom. The summed E-state index contributed by atoms with van der Waals surface area (Å²) < 4.78 is 5.35. The predicted octanol–water partition coefficient (Wildman–Crippen LogP) is 1.70. The van der Waals surface area contributed by atoms with Gasteiger partial charge in [0, 0.05) is 24.7 Å². The van der Waals surface area contributed by atoms with E-state index in [0.29, 0.717) is 24.8 Å². The van der Waals surface area contributed by atoms with Crippen LogP contribution in [0.15, 0.2) is 24.3 Å². The summed E-state index contributed by atoms with van der Waals surface area (Å²) in [6, 6.07) is 7.31. The first kappa shape index (κ1) is 19.3. The zero-order chi connectivity index (χ0) is 15.8. The second-order valence-electron chi connectivity index (χ2n) is 5.31. The molecule has 0 aliphatic carbocycles. The molecule has 1 atom stereocenters. The normalized spacial score (nSPS) is 16.3. The summed E-state index contributed by atoms with van der Waals surface area (Å²) in [7, 11) is 0. The molecule has 2 amide bonds.